The Morgan fingerprint density at radius 2 is 1.73 bits per heavy atom. The first-order valence-corrected chi connectivity index (χ1v) is 14.3. The minimum Gasteiger partial charge on any atom is -0.447 e. The molecule has 3 aromatic rings. The molecule has 0 radical (unpaired) electrons. The maximum absolute atomic E-state index is 13.0. The van der Waals surface area contributed by atoms with Gasteiger partial charge in [-0.1, -0.05) is 25.0 Å². The highest BCUT2D eigenvalue weighted by Gasteiger charge is 2.32. The lowest BCUT2D eigenvalue weighted by molar-refractivity contribution is -0.137. The molecule has 3 aliphatic rings. The van der Waals surface area contributed by atoms with Crippen molar-refractivity contribution in [1.29, 1.82) is 0 Å². The number of carbonyl (C=O) groups is 1. The van der Waals surface area contributed by atoms with E-state index in [0.29, 0.717) is 24.9 Å². The lowest BCUT2D eigenvalue weighted by Crippen LogP contribution is -2.54. The van der Waals surface area contributed by atoms with Crippen molar-refractivity contribution in [3.8, 4) is 11.3 Å². The predicted molar refractivity (Wildman–Crippen MR) is 150 cm³/mol. The van der Waals surface area contributed by atoms with Crippen LogP contribution in [0.5, 0.6) is 0 Å². The summed E-state index contributed by atoms with van der Waals surface area (Å²) in [6, 6.07) is 14.1. The lowest BCUT2D eigenvalue weighted by atomic mass is 9.89. The van der Waals surface area contributed by atoms with E-state index in [-0.39, 0.29) is 24.2 Å². The highest BCUT2D eigenvalue weighted by molar-refractivity contribution is 5.90. The van der Waals surface area contributed by atoms with Gasteiger partial charge in [0.25, 0.3) is 6.01 Å². The number of alkyl halides is 3. The van der Waals surface area contributed by atoms with E-state index in [2.05, 4.69) is 20.5 Å². The Labute approximate surface area is 236 Å². The number of carbonyl (C=O) groups excluding carboxylic acids is 1. The number of hydrogen-bond acceptors (Lipinski definition) is 7. The standard InChI is InChI=1S/C30H34F3N5O3/c31-30(32,33)21-10-12-23(13-11-21)37-14-4-6-22(19-37)35-25-8-1-2-9-26(25)36-28-34-18-27(41-28)20-5-3-7-24(17-20)38-15-16-40-29(38)39/h3,5,7,10-13,17-18,22,25-26,35H,1-2,4,6,8-9,14-16,19H2,(H,34,36)/t22-,25+,26+/m0/s1. The van der Waals surface area contributed by atoms with Gasteiger partial charge in [-0.05, 0) is 62.1 Å². The van der Waals surface area contributed by atoms with Crippen LogP contribution in [0.3, 0.4) is 0 Å². The molecule has 3 heterocycles. The molecule has 3 fully saturated rings. The van der Waals surface area contributed by atoms with E-state index in [1.807, 2.05) is 24.3 Å². The number of oxazole rings is 1. The Kier molecular flexibility index (Phi) is 7.79. The summed E-state index contributed by atoms with van der Waals surface area (Å²) in [6.45, 7) is 2.47. The number of piperidine rings is 1. The maximum atomic E-state index is 13.0. The van der Waals surface area contributed by atoms with E-state index < -0.39 is 11.7 Å². The van der Waals surface area contributed by atoms with Crippen LogP contribution in [0.1, 0.15) is 44.1 Å². The van der Waals surface area contributed by atoms with E-state index in [0.717, 1.165) is 80.7 Å². The SMILES string of the molecule is O=C1OCCN1c1cccc(-c2cnc(N[C@@H]3CCCC[C@H]3N[C@H]3CCCN(c4ccc(C(F)(F)F)cc4)C3)o2)c1. The van der Waals surface area contributed by atoms with Crippen LogP contribution in [0.4, 0.5) is 35.4 Å². The zero-order valence-corrected chi connectivity index (χ0v) is 22.7. The molecule has 1 aliphatic carbocycles. The highest BCUT2D eigenvalue weighted by Crippen LogP contribution is 2.32. The second-order valence-corrected chi connectivity index (χ2v) is 11.0. The number of aromatic nitrogens is 1. The van der Waals surface area contributed by atoms with Crippen molar-refractivity contribution < 1.29 is 27.1 Å². The van der Waals surface area contributed by atoms with Crippen molar-refractivity contribution in [3.05, 3.63) is 60.3 Å². The summed E-state index contributed by atoms with van der Waals surface area (Å²) in [5, 5.41) is 7.35. The van der Waals surface area contributed by atoms with Crippen LogP contribution in [0.25, 0.3) is 11.3 Å². The van der Waals surface area contributed by atoms with Crippen LogP contribution in [0.15, 0.2) is 59.1 Å². The molecule has 2 N–H and O–H groups in total. The van der Waals surface area contributed by atoms with Gasteiger partial charge < -0.3 is 24.7 Å². The van der Waals surface area contributed by atoms with Crippen LogP contribution < -0.4 is 20.4 Å². The molecule has 41 heavy (non-hydrogen) atoms. The van der Waals surface area contributed by atoms with Crippen molar-refractivity contribution in [1.82, 2.24) is 10.3 Å². The number of nitrogens with one attached hydrogen (secondary N) is 2. The highest BCUT2D eigenvalue weighted by atomic mass is 19.4. The zero-order valence-electron chi connectivity index (χ0n) is 22.7. The predicted octanol–water partition coefficient (Wildman–Crippen LogP) is 6.30. The summed E-state index contributed by atoms with van der Waals surface area (Å²) in [7, 11) is 0. The van der Waals surface area contributed by atoms with Gasteiger partial charge >= 0.3 is 12.3 Å². The molecular formula is C30H34F3N5O3. The number of benzene rings is 2. The monoisotopic (exact) mass is 569 g/mol. The Morgan fingerprint density at radius 3 is 2.49 bits per heavy atom. The van der Waals surface area contributed by atoms with Crippen molar-refractivity contribution in [2.24, 2.45) is 0 Å². The molecule has 1 aromatic heterocycles. The van der Waals surface area contributed by atoms with Crippen molar-refractivity contribution in [2.45, 2.75) is 62.8 Å². The zero-order chi connectivity index (χ0) is 28.4. The molecule has 6 rings (SSSR count). The van der Waals surface area contributed by atoms with Gasteiger partial charge in [-0.2, -0.15) is 13.2 Å². The smallest absolute Gasteiger partial charge is 0.416 e. The van der Waals surface area contributed by atoms with Gasteiger partial charge in [-0.25, -0.2) is 9.78 Å². The molecule has 1 amide bonds. The van der Waals surface area contributed by atoms with Crippen LogP contribution in [-0.4, -0.2) is 55.4 Å². The van der Waals surface area contributed by atoms with Gasteiger partial charge in [-0.3, -0.25) is 4.90 Å². The quantitative estimate of drug-likeness (QED) is 0.346. The number of halogens is 3. The fourth-order valence-electron chi connectivity index (χ4n) is 6.10. The van der Waals surface area contributed by atoms with Gasteiger partial charge in [-0.15, -0.1) is 0 Å². The van der Waals surface area contributed by atoms with E-state index >= 15 is 0 Å². The molecule has 2 aromatic carbocycles. The number of ether oxygens (including phenoxy) is 1. The number of amides is 1. The first kappa shape index (κ1) is 27.4. The first-order chi connectivity index (χ1) is 19.8. The van der Waals surface area contributed by atoms with E-state index in [1.165, 1.54) is 0 Å². The minimum atomic E-state index is -4.33. The third kappa shape index (κ3) is 6.29. The summed E-state index contributed by atoms with van der Waals surface area (Å²) in [5.41, 5.74) is 1.78. The molecule has 11 heteroatoms. The topological polar surface area (TPSA) is 82.9 Å². The van der Waals surface area contributed by atoms with E-state index in [9.17, 15) is 18.0 Å². The Bertz CT molecular complexity index is 1350. The number of anilines is 3. The van der Waals surface area contributed by atoms with Gasteiger partial charge in [0, 0.05) is 48.2 Å². The van der Waals surface area contributed by atoms with Crippen molar-refractivity contribution in [2.75, 3.05) is 41.4 Å². The largest absolute Gasteiger partial charge is 0.447 e. The Hall–Kier alpha value is -3.73. The number of rotatable bonds is 7. The third-order valence-corrected chi connectivity index (χ3v) is 8.21. The lowest BCUT2D eigenvalue weighted by Gasteiger charge is -2.40. The molecule has 2 saturated heterocycles. The molecular weight excluding hydrogens is 535 g/mol. The summed E-state index contributed by atoms with van der Waals surface area (Å²) < 4.78 is 50.1. The number of nitrogens with zero attached hydrogens (tertiary/aromatic N) is 3. The molecule has 1 saturated carbocycles. The maximum Gasteiger partial charge on any atom is 0.416 e. The summed E-state index contributed by atoms with van der Waals surface area (Å²) in [5.74, 6) is 0.613. The first-order valence-electron chi connectivity index (χ1n) is 14.3. The van der Waals surface area contributed by atoms with Gasteiger partial charge in [0.05, 0.1) is 18.3 Å². The van der Waals surface area contributed by atoms with Crippen LogP contribution in [0, 0.1) is 0 Å². The molecule has 0 bridgehead atoms. The average molecular weight is 570 g/mol. The second-order valence-electron chi connectivity index (χ2n) is 11.0. The number of cyclic esters (lactones) is 1. The van der Waals surface area contributed by atoms with Gasteiger partial charge in [0.2, 0.25) is 0 Å². The van der Waals surface area contributed by atoms with Crippen molar-refractivity contribution >= 4 is 23.5 Å². The molecule has 0 unspecified atom stereocenters. The molecule has 0 spiro atoms. The van der Waals surface area contributed by atoms with Crippen molar-refractivity contribution in [3.63, 3.8) is 0 Å². The van der Waals surface area contributed by atoms with Crippen LogP contribution in [0.2, 0.25) is 0 Å². The summed E-state index contributed by atoms with van der Waals surface area (Å²) in [6.07, 6.45) is 3.26. The summed E-state index contributed by atoms with van der Waals surface area (Å²) in [4.78, 5) is 20.2. The number of hydrogen-bond donors (Lipinski definition) is 2. The van der Waals surface area contributed by atoms with E-state index in [4.69, 9.17) is 9.15 Å². The fraction of sp³-hybridized carbons (Fsp3) is 0.467. The molecule has 2 aliphatic heterocycles. The minimum absolute atomic E-state index is 0.141. The van der Waals surface area contributed by atoms with Gasteiger partial charge in [0.15, 0.2) is 5.76 Å². The Balaban J connectivity index is 1.09. The normalized spacial score (nSPS) is 23.5. The van der Waals surface area contributed by atoms with Crippen LogP contribution >= 0.6 is 0 Å². The average Bonchev–Trinajstić information content (AvgIpc) is 3.63. The van der Waals surface area contributed by atoms with E-state index in [1.54, 1.807) is 23.2 Å². The molecule has 3 atom stereocenters. The second kappa shape index (κ2) is 11.6. The summed E-state index contributed by atoms with van der Waals surface area (Å²) >= 11 is 0. The van der Waals surface area contributed by atoms with Crippen LogP contribution in [-0.2, 0) is 10.9 Å². The molecule has 218 valence electrons. The third-order valence-electron chi connectivity index (χ3n) is 8.21. The Morgan fingerprint density at radius 1 is 0.927 bits per heavy atom. The fourth-order valence-corrected chi connectivity index (χ4v) is 6.10. The molecule has 8 nitrogen and oxygen atoms in total. The van der Waals surface area contributed by atoms with Gasteiger partial charge in [0.1, 0.15) is 6.61 Å².